The highest BCUT2D eigenvalue weighted by Crippen LogP contribution is 2.51. The lowest BCUT2D eigenvalue weighted by atomic mass is 9.66. The van der Waals surface area contributed by atoms with Gasteiger partial charge in [-0.2, -0.15) is 0 Å². The first-order valence-corrected chi connectivity index (χ1v) is 6.70. The molecular formula is C13H18N2O3. The smallest absolute Gasteiger partial charge is 0.277 e. The molecule has 5 heteroatoms. The van der Waals surface area contributed by atoms with E-state index in [1.54, 1.807) is 0 Å². The summed E-state index contributed by atoms with van der Waals surface area (Å²) in [7, 11) is 0. The highest BCUT2D eigenvalue weighted by atomic mass is 16.2. The van der Waals surface area contributed by atoms with E-state index >= 15 is 0 Å². The summed E-state index contributed by atoms with van der Waals surface area (Å²) in [6, 6.07) is -0.526. The van der Waals surface area contributed by atoms with Crippen LogP contribution in [0.2, 0.25) is 0 Å². The third-order valence-corrected chi connectivity index (χ3v) is 4.96. The number of amides is 4. The molecule has 0 unspecified atom stereocenters. The number of nitrogens with one attached hydrogen (secondary N) is 1. The molecule has 0 bridgehead atoms. The molecule has 1 aliphatic heterocycles. The second kappa shape index (κ2) is 3.56. The maximum Gasteiger partial charge on any atom is 0.330 e. The van der Waals surface area contributed by atoms with Gasteiger partial charge in [0.25, 0.3) is 0 Å². The quantitative estimate of drug-likeness (QED) is 0.770. The Labute approximate surface area is 106 Å². The highest BCUT2D eigenvalue weighted by Gasteiger charge is 2.62. The van der Waals surface area contributed by atoms with Gasteiger partial charge >= 0.3 is 6.03 Å². The van der Waals surface area contributed by atoms with Crippen molar-refractivity contribution >= 4 is 17.8 Å². The number of urea groups is 1. The topological polar surface area (TPSA) is 66.5 Å². The Morgan fingerprint density at radius 2 is 1.83 bits per heavy atom. The minimum Gasteiger partial charge on any atom is -0.277 e. The van der Waals surface area contributed by atoms with E-state index in [2.05, 4.69) is 12.2 Å². The monoisotopic (exact) mass is 250 g/mol. The van der Waals surface area contributed by atoms with E-state index in [9.17, 15) is 14.4 Å². The SMILES string of the molecule is CCC1(CN2C(=O)NC(=O)C3(CC3)C2=O)CCC1. The summed E-state index contributed by atoms with van der Waals surface area (Å²) in [4.78, 5) is 37.1. The molecular weight excluding hydrogens is 232 g/mol. The zero-order valence-electron chi connectivity index (χ0n) is 10.6. The molecule has 3 rings (SSSR count). The van der Waals surface area contributed by atoms with Gasteiger partial charge in [-0.05, 0) is 37.5 Å². The van der Waals surface area contributed by atoms with Crippen molar-refractivity contribution in [1.82, 2.24) is 10.2 Å². The van der Waals surface area contributed by atoms with Crippen LogP contribution in [-0.4, -0.2) is 29.3 Å². The average Bonchev–Trinajstić information content (AvgIpc) is 3.07. The fraction of sp³-hybridized carbons (Fsp3) is 0.769. The molecule has 2 saturated carbocycles. The van der Waals surface area contributed by atoms with E-state index in [1.807, 2.05) is 0 Å². The summed E-state index contributed by atoms with van der Waals surface area (Å²) in [6.45, 7) is 2.58. The van der Waals surface area contributed by atoms with Crippen LogP contribution >= 0.6 is 0 Å². The van der Waals surface area contributed by atoms with Gasteiger partial charge in [0, 0.05) is 6.54 Å². The molecule has 3 aliphatic rings. The van der Waals surface area contributed by atoms with Crippen molar-refractivity contribution in [3.8, 4) is 0 Å². The molecule has 0 aromatic heterocycles. The Balaban J connectivity index is 1.81. The van der Waals surface area contributed by atoms with Crippen molar-refractivity contribution in [2.75, 3.05) is 6.54 Å². The van der Waals surface area contributed by atoms with Gasteiger partial charge < -0.3 is 0 Å². The molecule has 3 fully saturated rings. The van der Waals surface area contributed by atoms with Gasteiger partial charge in [-0.25, -0.2) is 4.79 Å². The molecule has 5 nitrogen and oxygen atoms in total. The maximum atomic E-state index is 12.3. The molecule has 0 atom stereocenters. The largest absolute Gasteiger partial charge is 0.330 e. The Morgan fingerprint density at radius 1 is 1.17 bits per heavy atom. The number of hydrogen-bond acceptors (Lipinski definition) is 3. The Morgan fingerprint density at radius 3 is 2.28 bits per heavy atom. The van der Waals surface area contributed by atoms with Gasteiger partial charge in [-0.15, -0.1) is 0 Å². The molecule has 0 aromatic carbocycles. The fourth-order valence-electron chi connectivity index (χ4n) is 3.08. The van der Waals surface area contributed by atoms with E-state index in [4.69, 9.17) is 0 Å². The van der Waals surface area contributed by atoms with E-state index < -0.39 is 17.4 Å². The van der Waals surface area contributed by atoms with E-state index in [0.717, 1.165) is 19.3 Å². The lowest BCUT2D eigenvalue weighted by molar-refractivity contribution is -0.146. The summed E-state index contributed by atoms with van der Waals surface area (Å²) >= 11 is 0. The number of barbiturate groups is 1. The van der Waals surface area contributed by atoms with E-state index in [0.29, 0.717) is 19.4 Å². The molecule has 2 aliphatic carbocycles. The van der Waals surface area contributed by atoms with Gasteiger partial charge in [-0.3, -0.25) is 19.8 Å². The van der Waals surface area contributed by atoms with Crippen LogP contribution < -0.4 is 5.32 Å². The highest BCUT2D eigenvalue weighted by molar-refractivity contribution is 6.20. The second-order valence-corrected chi connectivity index (χ2v) is 5.94. The predicted octanol–water partition coefficient (Wildman–Crippen LogP) is 1.43. The van der Waals surface area contributed by atoms with Crippen molar-refractivity contribution in [1.29, 1.82) is 0 Å². The number of rotatable bonds is 3. The summed E-state index contributed by atoms with van der Waals surface area (Å²) in [5.41, 5.74) is -0.796. The van der Waals surface area contributed by atoms with Crippen molar-refractivity contribution in [3.05, 3.63) is 0 Å². The van der Waals surface area contributed by atoms with Crippen LogP contribution in [0.25, 0.3) is 0 Å². The van der Waals surface area contributed by atoms with Crippen molar-refractivity contribution in [2.45, 2.75) is 45.4 Å². The second-order valence-electron chi connectivity index (χ2n) is 5.94. The number of hydrogen-bond donors (Lipinski definition) is 1. The zero-order valence-corrected chi connectivity index (χ0v) is 10.6. The normalized spacial score (nSPS) is 28.1. The first-order chi connectivity index (χ1) is 8.53. The predicted molar refractivity (Wildman–Crippen MR) is 63.5 cm³/mol. The van der Waals surface area contributed by atoms with Crippen molar-refractivity contribution in [2.24, 2.45) is 10.8 Å². The molecule has 1 spiro atoms. The van der Waals surface area contributed by atoms with Gasteiger partial charge in [-0.1, -0.05) is 13.3 Å². The first-order valence-electron chi connectivity index (χ1n) is 6.70. The van der Waals surface area contributed by atoms with Gasteiger partial charge in [0.2, 0.25) is 11.8 Å². The van der Waals surface area contributed by atoms with Crippen LogP contribution in [-0.2, 0) is 9.59 Å². The molecule has 98 valence electrons. The summed E-state index contributed by atoms with van der Waals surface area (Å²) < 4.78 is 0. The Hall–Kier alpha value is -1.39. The number of nitrogens with zero attached hydrogens (tertiary/aromatic N) is 1. The Kier molecular flexibility index (Phi) is 2.31. The molecule has 1 N–H and O–H groups in total. The minimum atomic E-state index is -0.896. The molecule has 0 radical (unpaired) electrons. The first kappa shape index (κ1) is 11.7. The number of imide groups is 2. The Bertz CT molecular complexity index is 430. The standard InChI is InChI=1S/C13H18N2O3/c1-2-12(4-3-5-12)8-15-10(17)13(6-7-13)9(16)14-11(15)18/h2-8H2,1H3,(H,14,16,18). The van der Waals surface area contributed by atoms with Crippen LogP contribution in [0.15, 0.2) is 0 Å². The number of carbonyl (C=O) groups excluding carboxylic acids is 3. The van der Waals surface area contributed by atoms with Gasteiger partial charge in [0.15, 0.2) is 0 Å². The maximum absolute atomic E-state index is 12.3. The number of carbonyl (C=O) groups is 3. The van der Waals surface area contributed by atoms with Crippen LogP contribution in [0.3, 0.4) is 0 Å². The average molecular weight is 250 g/mol. The molecule has 1 heterocycles. The molecule has 18 heavy (non-hydrogen) atoms. The summed E-state index contributed by atoms with van der Waals surface area (Å²) in [5, 5.41) is 2.33. The third kappa shape index (κ3) is 1.42. The van der Waals surface area contributed by atoms with Crippen LogP contribution in [0, 0.1) is 10.8 Å². The third-order valence-electron chi connectivity index (χ3n) is 4.96. The zero-order chi connectivity index (χ0) is 13.0. The minimum absolute atomic E-state index is 0.101. The van der Waals surface area contributed by atoms with E-state index in [1.165, 1.54) is 11.3 Å². The van der Waals surface area contributed by atoms with E-state index in [-0.39, 0.29) is 11.3 Å². The van der Waals surface area contributed by atoms with Crippen molar-refractivity contribution < 1.29 is 14.4 Å². The van der Waals surface area contributed by atoms with Crippen LogP contribution in [0.4, 0.5) is 4.79 Å². The molecule has 0 aromatic rings. The lowest BCUT2D eigenvalue weighted by Crippen LogP contribution is -2.61. The molecule has 4 amide bonds. The fourth-order valence-corrected chi connectivity index (χ4v) is 3.08. The summed E-state index contributed by atoms with van der Waals surface area (Å²) in [5.74, 6) is -0.663. The summed E-state index contributed by atoms with van der Waals surface area (Å²) in [6.07, 6.45) is 5.46. The van der Waals surface area contributed by atoms with Gasteiger partial charge in [0.05, 0.1) is 0 Å². The van der Waals surface area contributed by atoms with Crippen LogP contribution in [0.5, 0.6) is 0 Å². The lowest BCUT2D eigenvalue weighted by Gasteiger charge is -2.45. The molecule has 1 saturated heterocycles. The van der Waals surface area contributed by atoms with Gasteiger partial charge in [0.1, 0.15) is 5.41 Å². The van der Waals surface area contributed by atoms with Crippen molar-refractivity contribution in [3.63, 3.8) is 0 Å². The van der Waals surface area contributed by atoms with Crippen LogP contribution in [0.1, 0.15) is 45.4 Å².